The molecule has 0 aliphatic carbocycles. The molecule has 1 amide bonds. The van der Waals surface area contributed by atoms with Crippen molar-refractivity contribution in [2.45, 2.75) is 12.5 Å². The first-order chi connectivity index (χ1) is 12.4. The molecule has 0 aliphatic heterocycles. The zero-order valence-electron chi connectivity index (χ0n) is 13.4. The van der Waals surface area contributed by atoms with Crippen LogP contribution in [0.5, 0.6) is 5.75 Å². The lowest BCUT2D eigenvalue weighted by Gasteiger charge is -2.13. The van der Waals surface area contributed by atoms with Gasteiger partial charge in [-0.3, -0.25) is 4.79 Å². The molecule has 0 aliphatic rings. The van der Waals surface area contributed by atoms with Crippen molar-refractivity contribution in [2.75, 3.05) is 0 Å². The summed E-state index contributed by atoms with van der Waals surface area (Å²) in [5, 5.41) is 19.5. The Labute approximate surface area is 148 Å². The van der Waals surface area contributed by atoms with E-state index in [1.54, 1.807) is 30.3 Å². The van der Waals surface area contributed by atoms with Gasteiger partial charge >= 0.3 is 23.8 Å². The first kappa shape index (κ1) is 18.7. The summed E-state index contributed by atoms with van der Waals surface area (Å²) >= 11 is 0. The number of carbonyl (C=O) groups excluding carboxylic acids is 2. The van der Waals surface area contributed by atoms with Crippen molar-refractivity contribution >= 4 is 23.8 Å². The van der Waals surface area contributed by atoms with Crippen molar-refractivity contribution in [1.29, 1.82) is 0 Å². The second-order valence-corrected chi connectivity index (χ2v) is 5.27. The number of amides is 1. The highest BCUT2D eigenvalue weighted by atomic mass is 16.5. The number of benzene rings is 2. The molecule has 0 heterocycles. The molecule has 134 valence electrons. The maximum Gasteiger partial charge on any atom is 0.394 e. The molecule has 2 aromatic rings. The lowest BCUT2D eigenvalue weighted by molar-refractivity contribution is -0.152. The van der Waals surface area contributed by atoms with E-state index in [-0.39, 0.29) is 12.2 Å². The van der Waals surface area contributed by atoms with E-state index < -0.39 is 29.9 Å². The lowest BCUT2D eigenvalue weighted by Crippen LogP contribution is -2.45. The molecule has 0 saturated heterocycles. The van der Waals surface area contributed by atoms with Gasteiger partial charge in [-0.1, -0.05) is 30.3 Å². The van der Waals surface area contributed by atoms with E-state index in [0.717, 1.165) is 0 Å². The molecule has 0 unspecified atom stereocenters. The maximum atomic E-state index is 11.9. The summed E-state index contributed by atoms with van der Waals surface area (Å²) in [6, 6.07) is 13.0. The second-order valence-electron chi connectivity index (χ2n) is 5.27. The summed E-state index contributed by atoms with van der Waals surface area (Å²) in [7, 11) is 0. The number of hydrogen-bond acceptors (Lipinski definition) is 5. The van der Waals surface area contributed by atoms with Gasteiger partial charge in [0, 0.05) is 6.42 Å². The fourth-order valence-electron chi connectivity index (χ4n) is 2.09. The Kier molecular flexibility index (Phi) is 6.05. The Morgan fingerprint density at radius 1 is 0.923 bits per heavy atom. The normalized spacial score (nSPS) is 11.2. The largest absolute Gasteiger partial charge is 0.480 e. The number of rotatable bonds is 6. The van der Waals surface area contributed by atoms with Crippen LogP contribution in [-0.2, 0) is 20.8 Å². The Balaban J connectivity index is 2.01. The molecule has 0 radical (unpaired) electrons. The second kappa shape index (κ2) is 8.43. The summed E-state index contributed by atoms with van der Waals surface area (Å²) < 4.78 is 5.20. The van der Waals surface area contributed by atoms with Crippen LogP contribution in [0.25, 0.3) is 0 Å². The van der Waals surface area contributed by atoms with Gasteiger partial charge in [-0.25, -0.2) is 14.4 Å². The molecule has 0 fully saturated rings. The predicted octanol–water partition coefficient (Wildman–Crippen LogP) is 1.10. The fourth-order valence-corrected chi connectivity index (χ4v) is 2.09. The third-order valence-corrected chi connectivity index (χ3v) is 3.38. The Morgan fingerprint density at radius 3 is 2.08 bits per heavy atom. The van der Waals surface area contributed by atoms with Gasteiger partial charge in [0.1, 0.15) is 11.8 Å². The number of nitrogens with one attached hydrogen (secondary N) is 1. The van der Waals surface area contributed by atoms with Gasteiger partial charge in [0.05, 0.1) is 5.56 Å². The van der Waals surface area contributed by atoms with Crippen LogP contribution in [0.4, 0.5) is 0 Å². The van der Waals surface area contributed by atoms with E-state index in [1.807, 2.05) is 5.32 Å². The minimum atomic E-state index is -1.76. The summed E-state index contributed by atoms with van der Waals surface area (Å²) in [5.74, 6) is -4.79. The highest BCUT2D eigenvalue weighted by Gasteiger charge is 2.23. The van der Waals surface area contributed by atoms with E-state index in [0.29, 0.717) is 11.1 Å². The van der Waals surface area contributed by atoms with Crippen molar-refractivity contribution < 1.29 is 34.1 Å². The van der Waals surface area contributed by atoms with Gasteiger partial charge in [0.2, 0.25) is 0 Å². The van der Waals surface area contributed by atoms with Crippen LogP contribution in [0.15, 0.2) is 54.6 Å². The SMILES string of the molecule is O=C(O)C(=O)N[C@H](Cc1ccc(OC(=O)c2ccccc2)cc1)C(=O)O. The van der Waals surface area contributed by atoms with Crippen LogP contribution < -0.4 is 10.1 Å². The summed E-state index contributed by atoms with van der Waals surface area (Å²) in [5.41, 5.74) is 0.904. The van der Waals surface area contributed by atoms with Crippen molar-refractivity contribution in [3.05, 3.63) is 65.7 Å². The van der Waals surface area contributed by atoms with Crippen LogP contribution in [-0.4, -0.2) is 40.1 Å². The van der Waals surface area contributed by atoms with E-state index in [2.05, 4.69) is 0 Å². The minimum Gasteiger partial charge on any atom is -0.480 e. The number of esters is 1. The van der Waals surface area contributed by atoms with E-state index in [4.69, 9.17) is 14.9 Å². The molecular weight excluding hydrogens is 342 g/mol. The topological polar surface area (TPSA) is 130 Å². The van der Waals surface area contributed by atoms with Gasteiger partial charge in [0.25, 0.3) is 0 Å². The molecule has 3 N–H and O–H groups in total. The quantitative estimate of drug-likeness (QED) is 0.401. The van der Waals surface area contributed by atoms with Gasteiger partial charge in [-0.2, -0.15) is 0 Å². The Bertz CT molecular complexity index is 815. The molecule has 0 saturated carbocycles. The van der Waals surface area contributed by atoms with Crippen LogP contribution in [0.3, 0.4) is 0 Å². The molecule has 8 heteroatoms. The van der Waals surface area contributed by atoms with Crippen molar-refractivity contribution in [2.24, 2.45) is 0 Å². The Morgan fingerprint density at radius 2 is 1.54 bits per heavy atom. The fraction of sp³-hybridized carbons (Fsp3) is 0.111. The first-order valence-corrected chi connectivity index (χ1v) is 7.49. The third kappa shape index (κ3) is 5.17. The molecule has 8 nitrogen and oxygen atoms in total. The van der Waals surface area contributed by atoms with Gasteiger partial charge in [0.15, 0.2) is 0 Å². The number of ether oxygens (including phenoxy) is 1. The number of hydrogen-bond donors (Lipinski definition) is 3. The highest BCUT2D eigenvalue weighted by molar-refractivity contribution is 6.31. The van der Waals surface area contributed by atoms with E-state index >= 15 is 0 Å². The van der Waals surface area contributed by atoms with E-state index in [9.17, 15) is 19.2 Å². The predicted molar refractivity (Wildman–Crippen MR) is 88.7 cm³/mol. The monoisotopic (exact) mass is 357 g/mol. The van der Waals surface area contributed by atoms with Crippen molar-refractivity contribution in [3.63, 3.8) is 0 Å². The average molecular weight is 357 g/mol. The van der Waals surface area contributed by atoms with Crippen LogP contribution >= 0.6 is 0 Å². The average Bonchev–Trinajstić information content (AvgIpc) is 2.63. The first-order valence-electron chi connectivity index (χ1n) is 7.49. The maximum absolute atomic E-state index is 11.9. The molecule has 0 spiro atoms. The molecule has 0 aromatic heterocycles. The van der Waals surface area contributed by atoms with Crippen molar-refractivity contribution in [3.8, 4) is 5.75 Å². The number of carboxylic acids is 2. The van der Waals surface area contributed by atoms with Gasteiger partial charge in [-0.05, 0) is 29.8 Å². The smallest absolute Gasteiger partial charge is 0.394 e. The zero-order valence-corrected chi connectivity index (χ0v) is 13.4. The van der Waals surface area contributed by atoms with Gasteiger partial charge in [-0.15, -0.1) is 0 Å². The van der Waals surface area contributed by atoms with Crippen LogP contribution in [0.2, 0.25) is 0 Å². The Hall–Kier alpha value is -3.68. The molecule has 1 atom stereocenters. The third-order valence-electron chi connectivity index (χ3n) is 3.38. The minimum absolute atomic E-state index is 0.124. The zero-order chi connectivity index (χ0) is 19.1. The van der Waals surface area contributed by atoms with Gasteiger partial charge < -0.3 is 20.3 Å². The molecule has 0 bridgehead atoms. The molecule has 2 rings (SSSR count). The number of aliphatic carboxylic acids is 2. The van der Waals surface area contributed by atoms with Crippen LogP contribution in [0.1, 0.15) is 15.9 Å². The van der Waals surface area contributed by atoms with E-state index in [1.165, 1.54) is 24.3 Å². The molecular formula is C18H15NO7. The van der Waals surface area contributed by atoms with Crippen molar-refractivity contribution in [1.82, 2.24) is 5.32 Å². The standard InChI is InChI=1S/C18H15NO7/c20-15(17(23)24)19-14(16(21)22)10-11-6-8-13(9-7-11)26-18(25)12-4-2-1-3-5-12/h1-9,14H,10H2,(H,19,20)(H,21,22)(H,23,24)/t14-/m1/s1. The highest BCUT2D eigenvalue weighted by Crippen LogP contribution is 2.15. The summed E-state index contributed by atoms with van der Waals surface area (Å²) in [6.07, 6.45) is -0.124. The van der Waals surface area contributed by atoms with Crippen LogP contribution in [0, 0.1) is 0 Å². The molecule has 26 heavy (non-hydrogen) atoms. The summed E-state index contributed by atoms with van der Waals surface area (Å²) in [6.45, 7) is 0. The number of carbonyl (C=O) groups is 4. The summed E-state index contributed by atoms with van der Waals surface area (Å²) in [4.78, 5) is 44.7. The number of carboxylic acid groups (broad SMARTS) is 2. The molecule has 2 aromatic carbocycles. The lowest BCUT2D eigenvalue weighted by atomic mass is 10.1.